The van der Waals surface area contributed by atoms with Crippen molar-refractivity contribution in [1.82, 2.24) is 4.98 Å². The van der Waals surface area contributed by atoms with E-state index in [9.17, 15) is 31.1 Å². The van der Waals surface area contributed by atoms with Gasteiger partial charge in [0.15, 0.2) is 5.75 Å². The van der Waals surface area contributed by atoms with Crippen LogP contribution < -0.4 is 4.74 Å². The Kier molecular flexibility index (Phi) is 5.07. The minimum absolute atomic E-state index is 0.436. The Morgan fingerprint density at radius 2 is 1.86 bits per heavy atom. The van der Waals surface area contributed by atoms with Crippen LogP contribution in [0.3, 0.4) is 0 Å². The van der Waals surface area contributed by atoms with E-state index in [4.69, 9.17) is 5.11 Å². The average molecular weight is 382 g/mol. The van der Waals surface area contributed by atoms with Crippen LogP contribution in [0.25, 0.3) is 0 Å². The molecule has 0 unspecified atom stereocenters. The summed E-state index contributed by atoms with van der Waals surface area (Å²) in [5.74, 6) is -3.20. The van der Waals surface area contributed by atoms with Crippen molar-refractivity contribution in [2.45, 2.75) is 24.3 Å². The van der Waals surface area contributed by atoms with Gasteiger partial charge in [-0.15, -0.1) is 13.2 Å². The van der Waals surface area contributed by atoms with Crippen LogP contribution in [0.15, 0.2) is 6.20 Å². The highest BCUT2D eigenvalue weighted by molar-refractivity contribution is 9.08. The van der Waals surface area contributed by atoms with Crippen LogP contribution in [0.5, 0.6) is 5.75 Å². The van der Waals surface area contributed by atoms with Gasteiger partial charge in [0, 0.05) is 11.5 Å². The van der Waals surface area contributed by atoms with Gasteiger partial charge in [-0.2, -0.15) is 13.2 Å². The van der Waals surface area contributed by atoms with E-state index in [2.05, 4.69) is 25.7 Å². The van der Waals surface area contributed by atoms with Gasteiger partial charge in [-0.3, -0.25) is 9.78 Å². The third-order valence-electron chi connectivity index (χ3n) is 2.16. The van der Waals surface area contributed by atoms with Crippen molar-refractivity contribution >= 4 is 21.9 Å². The zero-order valence-corrected chi connectivity index (χ0v) is 11.4. The van der Waals surface area contributed by atoms with E-state index in [0.717, 1.165) is 0 Å². The Bertz CT molecular complexity index is 543. The molecular weight excluding hydrogens is 376 g/mol. The summed E-state index contributed by atoms with van der Waals surface area (Å²) in [7, 11) is 0. The summed E-state index contributed by atoms with van der Waals surface area (Å²) in [4.78, 5) is 13.9. The minimum Gasteiger partial charge on any atom is -0.481 e. The predicted molar refractivity (Wildman–Crippen MR) is 59.9 cm³/mol. The number of alkyl halides is 7. The number of halogens is 7. The first-order valence-electron chi connectivity index (χ1n) is 5.07. The lowest BCUT2D eigenvalue weighted by Crippen LogP contribution is -2.23. The number of hydrogen-bond donors (Lipinski definition) is 1. The average Bonchev–Trinajstić information content (AvgIpc) is 2.24. The number of nitrogens with zero attached hydrogens (tertiary/aromatic N) is 1. The Morgan fingerprint density at radius 1 is 1.29 bits per heavy atom. The van der Waals surface area contributed by atoms with Crippen LogP contribution >= 0.6 is 15.9 Å². The number of carboxylic acid groups (broad SMARTS) is 1. The van der Waals surface area contributed by atoms with Gasteiger partial charge < -0.3 is 9.84 Å². The van der Waals surface area contributed by atoms with E-state index in [1.807, 2.05) is 0 Å². The summed E-state index contributed by atoms with van der Waals surface area (Å²) in [6, 6.07) is 0. The molecule has 0 spiro atoms. The van der Waals surface area contributed by atoms with Crippen molar-refractivity contribution in [3.8, 4) is 5.75 Å². The van der Waals surface area contributed by atoms with Gasteiger partial charge in [0.05, 0.1) is 12.1 Å². The van der Waals surface area contributed by atoms with Gasteiger partial charge in [-0.25, -0.2) is 0 Å². The molecule has 0 saturated carbocycles. The van der Waals surface area contributed by atoms with E-state index in [1.54, 1.807) is 0 Å². The number of aromatic nitrogens is 1. The Hall–Kier alpha value is -1.52. The maximum absolute atomic E-state index is 13.0. The maximum atomic E-state index is 13.0. The van der Waals surface area contributed by atoms with Crippen molar-refractivity contribution in [1.29, 1.82) is 0 Å². The molecule has 118 valence electrons. The molecule has 1 rings (SSSR count). The number of pyridine rings is 1. The van der Waals surface area contributed by atoms with Gasteiger partial charge in [0.25, 0.3) is 0 Å². The van der Waals surface area contributed by atoms with Crippen LogP contribution in [0, 0.1) is 0 Å². The SMILES string of the molecule is O=C(O)Cc1cnc(CBr)c(OC(F)(F)F)c1C(F)(F)F. The lowest BCUT2D eigenvalue weighted by Gasteiger charge is -2.19. The normalized spacial score (nSPS) is 12.3. The molecule has 0 atom stereocenters. The van der Waals surface area contributed by atoms with Gasteiger partial charge >= 0.3 is 18.5 Å². The number of carboxylic acids is 1. The van der Waals surface area contributed by atoms with Gasteiger partial charge in [0.2, 0.25) is 0 Å². The van der Waals surface area contributed by atoms with Crippen LogP contribution in [-0.2, 0) is 22.7 Å². The topological polar surface area (TPSA) is 59.4 Å². The molecule has 21 heavy (non-hydrogen) atoms. The van der Waals surface area contributed by atoms with Crippen LogP contribution in [0.1, 0.15) is 16.8 Å². The largest absolute Gasteiger partial charge is 0.573 e. The smallest absolute Gasteiger partial charge is 0.481 e. The first-order chi connectivity index (χ1) is 9.45. The fraction of sp³-hybridized carbons (Fsp3) is 0.400. The lowest BCUT2D eigenvalue weighted by molar-refractivity contribution is -0.276. The molecule has 1 heterocycles. The zero-order chi connectivity index (χ0) is 16.4. The van der Waals surface area contributed by atoms with Crippen molar-refractivity contribution in [3.63, 3.8) is 0 Å². The molecule has 0 radical (unpaired) electrons. The van der Waals surface area contributed by atoms with E-state index in [1.165, 1.54) is 0 Å². The number of ether oxygens (including phenoxy) is 1. The molecule has 0 bridgehead atoms. The van der Waals surface area contributed by atoms with Crippen LogP contribution in [-0.4, -0.2) is 22.4 Å². The summed E-state index contributed by atoms with van der Waals surface area (Å²) in [5, 5.41) is 8.10. The highest BCUT2D eigenvalue weighted by atomic mass is 79.9. The minimum atomic E-state index is -5.37. The van der Waals surface area contributed by atoms with Gasteiger partial charge in [-0.1, -0.05) is 15.9 Å². The molecule has 0 aliphatic heterocycles. The fourth-order valence-corrected chi connectivity index (χ4v) is 1.90. The highest BCUT2D eigenvalue weighted by Gasteiger charge is 2.43. The first-order valence-corrected chi connectivity index (χ1v) is 6.19. The van der Waals surface area contributed by atoms with E-state index in [-0.39, 0.29) is 0 Å². The van der Waals surface area contributed by atoms with E-state index in [0.29, 0.717) is 6.20 Å². The van der Waals surface area contributed by atoms with Crippen LogP contribution in [0.2, 0.25) is 0 Å². The molecule has 11 heteroatoms. The summed E-state index contributed by atoms with van der Waals surface area (Å²) >= 11 is 2.70. The van der Waals surface area contributed by atoms with Crippen LogP contribution in [0.4, 0.5) is 26.3 Å². The molecule has 0 aromatic carbocycles. The second-order valence-electron chi connectivity index (χ2n) is 3.68. The Balaban J connectivity index is 3.57. The monoisotopic (exact) mass is 381 g/mol. The molecule has 0 amide bonds. The van der Waals surface area contributed by atoms with Gasteiger partial charge in [-0.05, 0) is 5.56 Å². The third kappa shape index (κ3) is 4.76. The molecule has 4 nitrogen and oxygen atoms in total. The molecule has 0 fully saturated rings. The first kappa shape index (κ1) is 17.5. The zero-order valence-electron chi connectivity index (χ0n) is 9.85. The van der Waals surface area contributed by atoms with Crippen molar-refractivity contribution in [2.24, 2.45) is 0 Å². The molecule has 1 N–H and O–H groups in total. The quantitative estimate of drug-likeness (QED) is 0.640. The highest BCUT2D eigenvalue weighted by Crippen LogP contribution is 2.42. The number of carbonyl (C=O) groups is 1. The number of rotatable bonds is 4. The third-order valence-corrected chi connectivity index (χ3v) is 2.69. The standard InChI is InChI=1S/C10H6BrF6NO3/c11-2-5-8(21-10(15,16)17)7(9(12,13)14)4(3-18-5)1-6(19)20/h3H,1-2H2,(H,19,20). The Morgan fingerprint density at radius 3 is 2.24 bits per heavy atom. The summed E-state index contributed by atoms with van der Waals surface area (Å²) in [5.41, 5.74) is -3.36. The van der Waals surface area contributed by atoms with Crippen molar-refractivity contribution < 1.29 is 41.0 Å². The van der Waals surface area contributed by atoms with Gasteiger partial charge in [0.1, 0.15) is 5.56 Å². The van der Waals surface area contributed by atoms with Crippen molar-refractivity contribution in [3.05, 3.63) is 23.0 Å². The summed E-state index contributed by atoms with van der Waals surface area (Å²) in [6.45, 7) is 0. The molecule has 0 aliphatic carbocycles. The lowest BCUT2D eigenvalue weighted by atomic mass is 10.0. The molecule has 1 aromatic heterocycles. The van der Waals surface area contributed by atoms with E-state index >= 15 is 0 Å². The number of aliphatic carboxylic acids is 1. The second-order valence-corrected chi connectivity index (χ2v) is 4.24. The molecule has 0 aliphatic rings. The fourth-order valence-electron chi connectivity index (χ4n) is 1.50. The molecule has 0 saturated heterocycles. The molecule has 1 aromatic rings. The second kappa shape index (κ2) is 6.08. The summed E-state index contributed by atoms with van der Waals surface area (Å²) in [6.07, 6.45) is -11.2. The number of hydrogen-bond acceptors (Lipinski definition) is 3. The van der Waals surface area contributed by atoms with E-state index < -0.39 is 52.8 Å². The Labute approximate surface area is 121 Å². The van der Waals surface area contributed by atoms with Crippen molar-refractivity contribution in [2.75, 3.05) is 0 Å². The molecular formula is C10H6BrF6NO3. The maximum Gasteiger partial charge on any atom is 0.573 e. The summed E-state index contributed by atoms with van der Waals surface area (Å²) < 4.78 is 79.1. The predicted octanol–water partition coefficient (Wildman–Crippen LogP) is 3.52.